The van der Waals surface area contributed by atoms with Gasteiger partial charge in [0.15, 0.2) is 0 Å². The number of hydrogen-bond donors (Lipinski definition) is 3. The molecule has 0 saturated heterocycles. The third kappa shape index (κ3) is 4.56. The third-order valence-corrected chi connectivity index (χ3v) is 3.23. The molecule has 1 heterocycles. The summed E-state index contributed by atoms with van der Waals surface area (Å²) in [6.45, 7) is 3.79. The van der Waals surface area contributed by atoms with Gasteiger partial charge in [0, 0.05) is 6.20 Å². The Kier molecular flexibility index (Phi) is 6.97. The Morgan fingerprint density at radius 3 is 2.58 bits per heavy atom. The van der Waals surface area contributed by atoms with Crippen LogP contribution >= 0.6 is 0 Å². The molecule has 0 aliphatic heterocycles. The first-order chi connectivity index (χ1) is 9.13. The minimum Gasteiger partial charge on any atom is -0.394 e. The van der Waals surface area contributed by atoms with Crippen LogP contribution in [0.1, 0.15) is 51.3 Å². The van der Waals surface area contributed by atoms with Crippen LogP contribution in [0.4, 0.5) is 0 Å². The molecule has 1 rings (SSSR count). The van der Waals surface area contributed by atoms with Crippen molar-refractivity contribution in [2.75, 3.05) is 6.61 Å². The van der Waals surface area contributed by atoms with Crippen molar-refractivity contribution < 1.29 is 15.3 Å². The van der Waals surface area contributed by atoms with Crippen LogP contribution in [-0.4, -0.2) is 49.1 Å². The zero-order chi connectivity index (χ0) is 14.3. The van der Waals surface area contributed by atoms with Crippen LogP contribution in [0.2, 0.25) is 0 Å². The van der Waals surface area contributed by atoms with Crippen LogP contribution in [0, 0.1) is 0 Å². The number of aliphatic hydroxyl groups excluding tert-OH is 3. The number of aryl methyl sites for hydroxylation is 1. The molecule has 1 aromatic rings. The third-order valence-electron chi connectivity index (χ3n) is 3.23. The highest BCUT2D eigenvalue weighted by atomic mass is 16.3. The first kappa shape index (κ1) is 16.1. The largest absolute Gasteiger partial charge is 0.394 e. The fourth-order valence-corrected chi connectivity index (χ4v) is 2.03. The van der Waals surface area contributed by atoms with Crippen LogP contribution < -0.4 is 0 Å². The molecule has 0 bridgehead atoms. The lowest BCUT2D eigenvalue weighted by Gasteiger charge is -2.25. The zero-order valence-electron chi connectivity index (χ0n) is 11.7. The number of unbranched alkanes of at least 4 members (excludes halogenated alkanes) is 1. The number of hydrogen-bond acceptors (Lipinski definition) is 5. The second-order valence-corrected chi connectivity index (χ2v) is 4.89. The van der Waals surface area contributed by atoms with Crippen LogP contribution in [-0.2, 0) is 6.42 Å². The van der Waals surface area contributed by atoms with E-state index in [0.717, 1.165) is 31.4 Å². The lowest BCUT2D eigenvalue weighted by atomic mass is 10.0. The Hall–Kier alpha value is -0.980. The monoisotopic (exact) mass is 271 g/mol. The first-order valence-electron chi connectivity index (χ1n) is 7.01. The molecule has 0 aliphatic carbocycles. The molecule has 110 valence electrons. The molecule has 0 aromatic carbocycles. The van der Waals surface area contributed by atoms with Crippen molar-refractivity contribution in [3.05, 3.63) is 11.9 Å². The molecule has 0 saturated carbocycles. The van der Waals surface area contributed by atoms with Crippen LogP contribution in [0.3, 0.4) is 0 Å². The van der Waals surface area contributed by atoms with Gasteiger partial charge in [-0.3, -0.25) is 0 Å². The molecular formula is C13H25N3O3. The summed E-state index contributed by atoms with van der Waals surface area (Å²) >= 11 is 0. The van der Waals surface area contributed by atoms with Gasteiger partial charge in [-0.15, -0.1) is 5.10 Å². The SMILES string of the molecule is CCCC[C@@H](O)[C@@H](O)[C@H](CO)n1cc(CCC)nn1. The number of aliphatic hydroxyl groups is 3. The second-order valence-electron chi connectivity index (χ2n) is 4.89. The van der Waals surface area contributed by atoms with E-state index in [2.05, 4.69) is 10.3 Å². The quantitative estimate of drug-likeness (QED) is 0.614. The Morgan fingerprint density at radius 1 is 1.26 bits per heavy atom. The molecular weight excluding hydrogens is 246 g/mol. The first-order valence-corrected chi connectivity index (χ1v) is 7.01. The van der Waals surface area contributed by atoms with Gasteiger partial charge in [0.1, 0.15) is 12.1 Å². The molecule has 6 nitrogen and oxygen atoms in total. The van der Waals surface area contributed by atoms with E-state index >= 15 is 0 Å². The van der Waals surface area contributed by atoms with Crippen LogP contribution in [0.15, 0.2) is 6.20 Å². The topological polar surface area (TPSA) is 91.4 Å². The Balaban J connectivity index is 2.69. The number of rotatable bonds is 9. The van der Waals surface area contributed by atoms with Gasteiger partial charge in [-0.2, -0.15) is 0 Å². The molecule has 19 heavy (non-hydrogen) atoms. The van der Waals surface area contributed by atoms with Gasteiger partial charge in [-0.1, -0.05) is 38.3 Å². The van der Waals surface area contributed by atoms with E-state index in [1.165, 1.54) is 4.68 Å². The van der Waals surface area contributed by atoms with Crippen molar-refractivity contribution >= 4 is 0 Å². The maximum atomic E-state index is 10.1. The smallest absolute Gasteiger partial charge is 0.105 e. The van der Waals surface area contributed by atoms with Gasteiger partial charge in [-0.05, 0) is 12.8 Å². The zero-order valence-corrected chi connectivity index (χ0v) is 11.7. The molecule has 6 heteroatoms. The average molecular weight is 271 g/mol. The summed E-state index contributed by atoms with van der Waals surface area (Å²) in [5.74, 6) is 0. The molecule has 0 unspecified atom stereocenters. The lowest BCUT2D eigenvalue weighted by Crippen LogP contribution is -2.37. The standard InChI is InChI=1S/C13H25N3O3/c1-3-5-7-12(18)13(19)11(9-17)16-8-10(6-4-2)14-15-16/h8,11-13,17-19H,3-7,9H2,1-2H3/t11-,12+,13-/m0/s1. The molecule has 0 radical (unpaired) electrons. The Labute approximate surface area is 114 Å². The van der Waals surface area contributed by atoms with Crippen molar-refractivity contribution in [1.82, 2.24) is 15.0 Å². The van der Waals surface area contributed by atoms with Crippen molar-refractivity contribution in [2.45, 2.75) is 64.2 Å². The molecule has 1 aromatic heterocycles. The average Bonchev–Trinajstić information content (AvgIpc) is 2.85. The normalized spacial score (nSPS) is 16.3. The minimum atomic E-state index is -1.03. The van der Waals surface area contributed by atoms with Gasteiger partial charge in [0.2, 0.25) is 0 Å². The van der Waals surface area contributed by atoms with E-state index in [-0.39, 0.29) is 6.61 Å². The molecule has 0 spiro atoms. The summed E-state index contributed by atoms with van der Waals surface area (Å²) in [5.41, 5.74) is 0.830. The second kappa shape index (κ2) is 8.24. The Bertz CT molecular complexity index is 357. The van der Waals surface area contributed by atoms with Crippen molar-refractivity contribution in [1.29, 1.82) is 0 Å². The fourth-order valence-electron chi connectivity index (χ4n) is 2.03. The number of nitrogens with zero attached hydrogens (tertiary/aromatic N) is 3. The van der Waals surface area contributed by atoms with Gasteiger partial charge in [0.25, 0.3) is 0 Å². The van der Waals surface area contributed by atoms with E-state index < -0.39 is 18.2 Å². The maximum Gasteiger partial charge on any atom is 0.105 e. The summed E-state index contributed by atoms with van der Waals surface area (Å²) in [6, 6.07) is -0.648. The Morgan fingerprint density at radius 2 is 2.00 bits per heavy atom. The van der Waals surface area contributed by atoms with Gasteiger partial charge < -0.3 is 15.3 Å². The van der Waals surface area contributed by atoms with Gasteiger partial charge in [0.05, 0.1) is 18.4 Å². The number of aromatic nitrogens is 3. The van der Waals surface area contributed by atoms with Crippen molar-refractivity contribution in [3.63, 3.8) is 0 Å². The molecule has 0 aliphatic rings. The molecule has 0 amide bonds. The summed E-state index contributed by atoms with van der Waals surface area (Å²) < 4.78 is 1.45. The highest BCUT2D eigenvalue weighted by Crippen LogP contribution is 2.17. The maximum absolute atomic E-state index is 10.1. The predicted octanol–water partition coefficient (Wildman–Crippen LogP) is 0.676. The van der Waals surface area contributed by atoms with E-state index in [9.17, 15) is 15.3 Å². The summed E-state index contributed by atoms with van der Waals surface area (Å²) in [7, 11) is 0. The minimum absolute atomic E-state index is 0.278. The fraction of sp³-hybridized carbons (Fsp3) is 0.846. The predicted molar refractivity (Wildman–Crippen MR) is 71.7 cm³/mol. The summed E-state index contributed by atoms with van der Waals surface area (Å²) in [6.07, 6.45) is 3.93. The summed E-state index contributed by atoms with van der Waals surface area (Å²) in [5, 5.41) is 37.3. The molecule has 3 N–H and O–H groups in total. The van der Waals surface area contributed by atoms with Crippen molar-refractivity contribution in [2.24, 2.45) is 0 Å². The molecule has 3 atom stereocenters. The van der Waals surface area contributed by atoms with Crippen molar-refractivity contribution in [3.8, 4) is 0 Å². The van der Waals surface area contributed by atoms with E-state index in [0.29, 0.717) is 6.42 Å². The highest BCUT2D eigenvalue weighted by Gasteiger charge is 2.27. The van der Waals surface area contributed by atoms with Gasteiger partial charge >= 0.3 is 0 Å². The highest BCUT2D eigenvalue weighted by molar-refractivity contribution is 4.94. The van der Waals surface area contributed by atoms with E-state index in [4.69, 9.17) is 0 Å². The van der Waals surface area contributed by atoms with Crippen LogP contribution in [0.5, 0.6) is 0 Å². The van der Waals surface area contributed by atoms with Crippen LogP contribution in [0.25, 0.3) is 0 Å². The summed E-state index contributed by atoms with van der Waals surface area (Å²) in [4.78, 5) is 0. The van der Waals surface area contributed by atoms with E-state index in [1.807, 2.05) is 13.8 Å². The van der Waals surface area contributed by atoms with E-state index in [1.54, 1.807) is 6.20 Å². The van der Waals surface area contributed by atoms with Gasteiger partial charge in [-0.25, -0.2) is 4.68 Å². The lowest BCUT2D eigenvalue weighted by molar-refractivity contribution is -0.0349. The molecule has 0 fully saturated rings.